The van der Waals surface area contributed by atoms with Crippen LogP contribution >= 0.6 is 40.7 Å². The number of nitrogens with two attached hydrogens (primary N) is 1. The van der Waals surface area contributed by atoms with E-state index in [9.17, 15) is 9.59 Å². The van der Waals surface area contributed by atoms with Gasteiger partial charge in [0.15, 0.2) is 0 Å². The van der Waals surface area contributed by atoms with Gasteiger partial charge in [-0.15, -0.1) is 24.8 Å². The highest BCUT2D eigenvalue weighted by atomic mass is 79.9. The van der Waals surface area contributed by atoms with Crippen molar-refractivity contribution in [2.24, 2.45) is 5.73 Å². The molecular weight excluding hydrogens is 359 g/mol. The number of hydrogen-bond donors (Lipinski definition) is 2. The summed E-state index contributed by atoms with van der Waals surface area (Å²) in [5.41, 5.74) is 5.18. The van der Waals surface area contributed by atoms with Crippen molar-refractivity contribution in [1.82, 2.24) is 9.88 Å². The smallest absolute Gasteiger partial charge is 0.245 e. The van der Waals surface area contributed by atoms with E-state index >= 15 is 0 Å². The third kappa shape index (κ3) is 7.31. The molecule has 3 N–H and O–H groups in total. The van der Waals surface area contributed by atoms with Gasteiger partial charge in [-0.3, -0.25) is 9.59 Å². The van der Waals surface area contributed by atoms with Gasteiger partial charge in [0.2, 0.25) is 11.8 Å². The van der Waals surface area contributed by atoms with Crippen LogP contribution in [0.2, 0.25) is 0 Å². The Bertz CT molecular complexity index is 416. The third-order valence-electron chi connectivity index (χ3n) is 1.98. The monoisotopic (exact) mass is 372 g/mol. The van der Waals surface area contributed by atoms with Crippen molar-refractivity contribution in [3.8, 4) is 0 Å². The van der Waals surface area contributed by atoms with Gasteiger partial charge in [-0.05, 0) is 28.1 Å². The first kappa shape index (κ1) is 20.4. The highest BCUT2D eigenvalue weighted by molar-refractivity contribution is 9.10. The fourth-order valence-corrected chi connectivity index (χ4v) is 1.33. The molecule has 0 aliphatic carbocycles. The number of likely N-dealkylation sites (N-methyl/N-ethyl adjacent to an activating group) is 1. The number of anilines is 1. The van der Waals surface area contributed by atoms with E-state index < -0.39 is 0 Å². The van der Waals surface area contributed by atoms with Crippen molar-refractivity contribution in [1.29, 1.82) is 0 Å². The minimum Gasteiger partial charge on any atom is -0.335 e. The maximum absolute atomic E-state index is 11.5. The topological polar surface area (TPSA) is 88.3 Å². The van der Waals surface area contributed by atoms with Gasteiger partial charge in [0.05, 0.1) is 13.1 Å². The lowest BCUT2D eigenvalue weighted by molar-refractivity contribution is -0.132. The average molecular weight is 374 g/mol. The Morgan fingerprint density at radius 3 is 2.53 bits per heavy atom. The highest BCUT2D eigenvalue weighted by Gasteiger charge is 2.11. The Kier molecular flexibility index (Phi) is 10.7. The van der Waals surface area contributed by atoms with Crippen molar-refractivity contribution in [3.05, 3.63) is 22.8 Å². The van der Waals surface area contributed by atoms with E-state index in [-0.39, 0.29) is 49.7 Å². The van der Waals surface area contributed by atoms with E-state index in [1.54, 1.807) is 18.3 Å². The second kappa shape index (κ2) is 9.96. The van der Waals surface area contributed by atoms with Crippen molar-refractivity contribution >= 4 is 58.4 Å². The van der Waals surface area contributed by atoms with E-state index in [0.717, 1.165) is 4.47 Å². The first-order valence-corrected chi connectivity index (χ1v) is 5.67. The summed E-state index contributed by atoms with van der Waals surface area (Å²) in [6, 6.07) is 3.42. The van der Waals surface area contributed by atoms with Crippen LogP contribution in [0.25, 0.3) is 0 Å². The molecule has 1 aromatic rings. The van der Waals surface area contributed by atoms with Crippen LogP contribution in [0.15, 0.2) is 22.8 Å². The van der Waals surface area contributed by atoms with Crippen molar-refractivity contribution in [3.63, 3.8) is 0 Å². The summed E-state index contributed by atoms with van der Waals surface area (Å²) in [7, 11) is 1.52. The lowest BCUT2D eigenvalue weighted by atomic mass is 10.4. The zero-order valence-corrected chi connectivity index (χ0v) is 13.3. The van der Waals surface area contributed by atoms with Crippen LogP contribution in [-0.2, 0) is 9.59 Å². The van der Waals surface area contributed by atoms with Crippen molar-refractivity contribution in [2.75, 3.05) is 25.5 Å². The van der Waals surface area contributed by atoms with E-state index in [1.807, 2.05) is 0 Å². The standard InChI is InChI=1S/C10H13BrN4O2.2ClH/c1-15(10(17)4-12)6-9(16)14-8-3-2-7(11)5-13-8;;/h2-3,5H,4,6,12H2,1H3,(H,13,14,16);2*1H. The molecule has 0 saturated carbocycles. The number of carbonyl (C=O) groups excluding carboxylic acids is 2. The summed E-state index contributed by atoms with van der Waals surface area (Å²) in [5, 5.41) is 2.57. The predicted octanol–water partition coefficient (Wildman–Crippen LogP) is 1.04. The quantitative estimate of drug-likeness (QED) is 0.825. The molecule has 6 nitrogen and oxygen atoms in total. The first-order valence-electron chi connectivity index (χ1n) is 4.88. The molecule has 0 unspecified atom stereocenters. The third-order valence-corrected chi connectivity index (χ3v) is 2.45. The van der Waals surface area contributed by atoms with E-state index in [2.05, 4.69) is 26.2 Å². The molecule has 0 spiro atoms. The normalized spacial score (nSPS) is 8.79. The van der Waals surface area contributed by atoms with Gasteiger partial charge in [0.1, 0.15) is 5.82 Å². The van der Waals surface area contributed by atoms with Crippen molar-refractivity contribution < 1.29 is 9.59 Å². The summed E-state index contributed by atoms with van der Waals surface area (Å²) in [5.74, 6) is -0.167. The lowest BCUT2D eigenvalue weighted by Gasteiger charge is -2.15. The molecular formula is C10H15BrCl2N4O2. The van der Waals surface area contributed by atoms with Crippen LogP contribution < -0.4 is 11.1 Å². The molecule has 0 aromatic carbocycles. The zero-order chi connectivity index (χ0) is 12.8. The Hall–Kier alpha value is -0.890. The Balaban J connectivity index is 0. The fourth-order valence-electron chi connectivity index (χ4n) is 1.09. The fraction of sp³-hybridized carbons (Fsp3) is 0.300. The van der Waals surface area contributed by atoms with Crippen LogP contribution in [-0.4, -0.2) is 41.8 Å². The van der Waals surface area contributed by atoms with E-state index in [4.69, 9.17) is 5.73 Å². The molecule has 0 aliphatic rings. The maximum Gasteiger partial charge on any atom is 0.245 e. The molecule has 2 amide bonds. The number of aromatic nitrogens is 1. The van der Waals surface area contributed by atoms with Crippen LogP contribution in [0.1, 0.15) is 0 Å². The van der Waals surface area contributed by atoms with Gasteiger partial charge < -0.3 is 16.0 Å². The Morgan fingerprint density at radius 1 is 1.42 bits per heavy atom. The van der Waals surface area contributed by atoms with Gasteiger partial charge in [-0.1, -0.05) is 0 Å². The number of halogens is 3. The number of nitrogens with one attached hydrogen (secondary N) is 1. The van der Waals surface area contributed by atoms with Crippen LogP contribution in [0.3, 0.4) is 0 Å². The Morgan fingerprint density at radius 2 is 2.05 bits per heavy atom. The summed E-state index contributed by atoms with van der Waals surface area (Å²) in [4.78, 5) is 27.9. The average Bonchev–Trinajstić information content (AvgIpc) is 2.30. The molecule has 1 rings (SSSR count). The highest BCUT2D eigenvalue weighted by Crippen LogP contribution is 2.10. The minimum atomic E-state index is -0.316. The minimum absolute atomic E-state index is 0. The van der Waals surface area contributed by atoms with E-state index in [1.165, 1.54) is 11.9 Å². The molecule has 0 bridgehead atoms. The molecule has 1 heterocycles. The number of amides is 2. The molecule has 9 heteroatoms. The van der Waals surface area contributed by atoms with Gasteiger partial charge in [0, 0.05) is 17.7 Å². The largest absolute Gasteiger partial charge is 0.335 e. The molecule has 1 aromatic heterocycles. The molecule has 19 heavy (non-hydrogen) atoms. The summed E-state index contributed by atoms with van der Waals surface area (Å²) in [6.07, 6.45) is 1.57. The second-order valence-corrected chi connectivity index (χ2v) is 4.28. The maximum atomic E-state index is 11.5. The molecule has 108 valence electrons. The number of carbonyl (C=O) groups is 2. The SMILES string of the molecule is CN(CC(=O)Nc1ccc(Br)cn1)C(=O)CN.Cl.Cl. The molecule has 0 atom stereocenters. The zero-order valence-electron chi connectivity index (χ0n) is 10.1. The molecule has 0 fully saturated rings. The second-order valence-electron chi connectivity index (χ2n) is 3.36. The number of rotatable bonds is 4. The van der Waals surface area contributed by atoms with Gasteiger partial charge >= 0.3 is 0 Å². The summed E-state index contributed by atoms with van der Waals surface area (Å²) in [6.45, 7) is -0.159. The van der Waals surface area contributed by atoms with Gasteiger partial charge in [-0.25, -0.2) is 4.98 Å². The summed E-state index contributed by atoms with van der Waals surface area (Å²) < 4.78 is 0.825. The first-order chi connectivity index (χ1) is 8.02. The molecule has 0 radical (unpaired) electrons. The molecule has 0 saturated heterocycles. The number of nitrogens with zero attached hydrogens (tertiary/aromatic N) is 2. The van der Waals surface area contributed by atoms with Crippen LogP contribution in [0.4, 0.5) is 5.82 Å². The van der Waals surface area contributed by atoms with Gasteiger partial charge in [-0.2, -0.15) is 0 Å². The molecule has 0 aliphatic heterocycles. The number of pyridine rings is 1. The predicted molar refractivity (Wildman–Crippen MR) is 81.8 cm³/mol. The van der Waals surface area contributed by atoms with Crippen LogP contribution in [0, 0.1) is 0 Å². The van der Waals surface area contributed by atoms with Gasteiger partial charge in [0.25, 0.3) is 0 Å². The van der Waals surface area contributed by atoms with Crippen molar-refractivity contribution in [2.45, 2.75) is 0 Å². The summed E-state index contributed by atoms with van der Waals surface area (Å²) >= 11 is 3.24. The van der Waals surface area contributed by atoms with E-state index in [0.29, 0.717) is 5.82 Å². The number of hydrogen-bond acceptors (Lipinski definition) is 4. The van der Waals surface area contributed by atoms with Crippen LogP contribution in [0.5, 0.6) is 0 Å². The Labute approximate surface area is 132 Å². The lowest BCUT2D eigenvalue weighted by Crippen LogP contribution is -2.38.